The van der Waals surface area contributed by atoms with Gasteiger partial charge in [-0.15, -0.1) is 12.6 Å². The Hall–Kier alpha value is 1.84. The van der Waals surface area contributed by atoms with Crippen molar-refractivity contribution < 1.29 is 0 Å². The fourth-order valence-electron chi connectivity index (χ4n) is 2.57. The van der Waals surface area contributed by atoms with E-state index < -0.39 is 23.7 Å². The van der Waals surface area contributed by atoms with E-state index in [4.69, 9.17) is 75.8 Å². The van der Waals surface area contributed by atoms with E-state index in [1.807, 2.05) is 55.4 Å². The van der Waals surface area contributed by atoms with Crippen LogP contribution in [-0.4, -0.2) is 23.7 Å². The van der Waals surface area contributed by atoms with Crippen molar-refractivity contribution in [3.63, 3.8) is 0 Å². The molecule has 0 fully saturated rings. The third kappa shape index (κ3) is 4.91. The number of hydrogen-bond acceptors (Lipinski definition) is 6. The largest absolute Gasteiger partial charge is 0.171 e. The summed E-state index contributed by atoms with van der Waals surface area (Å²) in [5.74, 6) is 0. The first kappa shape index (κ1) is 22.8. The van der Waals surface area contributed by atoms with Crippen LogP contribution in [-0.2, 0) is 0 Å². The maximum atomic E-state index is 5.10. The van der Waals surface area contributed by atoms with Crippen molar-refractivity contribution in [1.29, 1.82) is 0 Å². The molecule has 0 aromatic heterocycles. The Morgan fingerprint density at radius 1 is 0.571 bits per heavy atom. The van der Waals surface area contributed by atoms with Gasteiger partial charge in [0.2, 0.25) is 0 Å². The SMILES string of the molecule is CC(C)(S)C(S)=C(C(C)(C)S)C(S)(C(C)(C)S)C(C)(C)S. The van der Waals surface area contributed by atoms with Gasteiger partial charge in [0.05, 0.1) is 4.75 Å². The van der Waals surface area contributed by atoms with E-state index in [-0.39, 0.29) is 0 Å². The molecule has 0 saturated carbocycles. The Kier molecular flexibility index (Phi) is 7.20. The zero-order valence-corrected chi connectivity index (χ0v) is 19.5. The molecule has 0 aliphatic carbocycles. The molecule has 0 N–H and O–H groups in total. The molecule has 0 spiro atoms. The predicted molar refractivity (Wildman–Crippen MR) is 120 cm³/mol. The first-order chi connectivity index (χ1) is 8.78. The first-order valence-corrected chi connectivity index (χ1v) is 9.52. The molecule has 0 radical (unpaired) electrons. The van der Waals surface area contributed by atoms with Crippen LogP contribution in [0.25, 0.3) is 0 Å². The lowest BCUT2D eigenvalue weighted by Gasteiger charge is -2.54. The molecule has 0 bridgehead atoms. The summed E-state index contributed by atoms with van der Waals surface area (Å²) in [4.78, 5) is 0.866. The van der Waals surface area contributed by atoms with Gasteiger partial charge in [-0.3, -0.25) is 0 Å². The van der Waals surface area contributed by atoms with Crippen LogP contribution in [0.3, 0.4) is 0 Å². The Bertz CT molecular complexity index is 395. The third-order valence-electron chi connectivity index (χ3n) is 3.56. The summed E-state index contributed by atoms with van der Waals surface area (Å²) in [5, 5.41) is 0. The molecule has 0 aliphatic heterocycles. The summed E-state index contributed by atoms with van der Waals surface area (Å²) >= 11 is 29.1. The molecule has 0 atom stereocenters. The molecule has 126 valence electrons. The molecule has 0 aromatic carbocycles. The lowest BCUT2D eigenvalue weighted by Crippen LogP contribution is -2.59. The van der Waals surface area contributed by atoms with E-state index in [9.17, 15) is 0 Å². The molecule has 0 saturated heterocycles. The lowest BCUT2D eigenvalue weighted by molar-refractivity contribution is 0.429. The summed E-state index contributed by atoms with van der Waals surface area (Å²) in [6.07, 6.45) is 0. The minimum Gasteiger partial charge on any atom is -0.171 e. The van der Waals surface area contributed by atoms with Crippen molar-refractivity contribution in [3.8, 4) is 0 Å². The van der Waals surface area contributed by atoms with Crippen LogP contribution in [0.15, 0.2) is 10.5 Å². The highest BCUT2D eigenvalue weighted by Crippen LogP contribution is 2.56. The Labute approximate surface area is 164 Å². The molecule has 0 heterocycles. The minimum atomic E-state index is -0.644. The first-order valence-electron chi connectivity index (χ1n) is 6.84. The monoisotopic (exact) mass is 402 g/mol. The number of rotatable bonds is 5. The molecule has 0 aromatic rings. The van der Waals surface area contributed by atoms with Gasteiger partial charge < -0.3 is 0 Å². The Morgan fingerprint density at radius 3 is 1.00 bits per heavy atom. The average molecular weight is 403 g/mol. The normalized spacial score (nSPS) is 16.9. The molecular formula is C15H30S6. The summed E-state index contributed by atoms with van der Waals surface area (Å²) in [7, 11) is 0. The van der Waals surface area contributed by atoms with E-state index in [1.165, 1.54) is 0 Å². The molecule has 6 heteroatoms. The fraction of sp³-hybridized carbons (Fsp3) is 0.867. The Balaban J connectivity index is 6.83. The van der Waals surface area contributed by atoms with Gasteiger partial charge in [-0.2, -0.15) is 63.1 Å². The molecular weight excluding hydrogens is 373 g/mol. The highest BCUT2D eigenvalue weighted by atomic mass is 32.1. The van der Waals surface area contributed by atoms with Crippen LogP contribution >= 0.6 is 75.8 Å². The van der Waals surface area contributed by atoms with E-state index in [2.05, 4.69) is 0 Å². The third-order valence-corrected chi connectivity index (χ3v) is 7.33. The van der Waals surface area contributed by atoms with E-state index >= 15 is 0 Å². The van der Waals surface area contributed by atoms with Gasteiger partial charge in [0, 0.05) is 19.0 Å². The smallest absolute Gasteiger partial charge is 0.0639 e. The molecule has 0 unspecified atom stereocenters. The van der Waals surface area contributed by atoms with Gasteiger partial charge in [-0.25, -0.2) is 0 Å². The maximum Gasteiger partial charge on any atom is 0.0639 e. The summed E-state index contributed by atoms with van der Waals surface area (Å²) in [6.45, 7) is 16.3. The fourth-order valence-corrected chi connectivity index (χ4v) is 4.94. The van der Waals surface area contributed by atoms with Crippen LogP contribution in [0.4, 0.5) is 0 Å². The molecule has 0 rings (SSSR count). The minimum absolute atomic E-state index is 0.398. The van der Waals surface area contributed by atoms with Crippen molar-refractivity contribution in [2.75, 3.05) is 0 Å². The van der Waals surface area contributed by atoms with Crippen LogP contribution < -0.4 is 0 Å². The number of hydrogen-bond donors (Lipinski definition) is 6. The van der Waals surface area contributed by atoms with Crippen molar-refractivity contribution in [1.82, 2.24) is 0 Å². The molecule has 0 amide bonds. The van der Waals surface area contributed by atoms with Crippen LogP contribution in [0.1, 0.15) is 55.4 Å². The van der Waals surface area contributed by atoms with E-state index in [1.54, 1.807) is 0 Å². The Morgan fingerprint density at radius 2 is 0.857 bits per heavy atom. The van der Waals surface area contributed by atoms with Gasteiger partial charge in [0.15, 0.2) is 0 Å². The summed E-state index contributed by atoms with van der Waals surface area (Å²) in [5.41, 5.74) is 1.00. The second kappa shape index (κ2) is 6.62. The second-order valence-electron chi connectivity index (χ2n) is 7.67. The molecule has 0 aliphatic rings. The van der Waals surface area contributed by atoms with Crippen LogP contribution in [0.2, 0.25) is 0 Å². The quantitative estimate of drug-likeness (QED) is 0.314. The zero-order chi connectivity index (χ0) is 17.7. The van der Waals surface area contributed by atoms with Crippen molar-refractivity contribution in [2.45, 2.75) is 79.1 Å². The second-order valence-corrected chi connectivity index (χ2v) is 13.3. The van der Waals surface area contributed by atoms with E-state index in [0.29, 0.717) is 0 Å². The lowest BCUT2D eigenvalue weighted by atomic mass is 9.72. The van der Waals surface area contributed by atoms with Gasteiger partial charge in [0.25, 0.3) is 0 Å². The zero-order valence-electron chi connectivity index (χ0n) is 14.2. The average Bonchev–Trinajstić information content (AvgIpc) is 2.09. The van der Waals surface area contributed by atoms with Crippen molar-refractivity contribution >= 4 is 75.8 Å². The topological polar surface area (TPSA) is 0 Å². The highest BCUT2D eigenvalue weighted by Gasteiger charge is 2.56. The van der Waals surface area contributed by atoms with Gasteiger partial charge in [0.1, 0.15) is 0 Å². The predicted octanol–water partition coefficient (Wildman–Crippen LogP) is 5.67. The standard InChI is InChI=1S/C15H30S6/c1-11(2,17)9(10(16)12(3,4)18)15(21,13(5,6)19)14(7,8)20/h16-21H,1-8H3. The van der Waals surface area contributed by atoms with Gasteiger partial charge in [-0.05, 0) is 65.9 Å². The molecule has 21 heavy (non-hydrogen) atoms. The van der Waals surface area contributed by atoms with Crippen LogP contribution in [0, 0.1) is 0 Å². The van der Waals surface area contributed by atoms with Crippen LogP contribution in [0.5, 0.6) is 0 Å². The summed E-state index contributed by atoms with van der Waals surface area (Å²) < 4.78 is -2.36. The highest BCUT2D eigenvalue weighted by molar-refractivity contribution is 7.90. The maximum absolute atomic E-state index is 5.10. The van der Waals surface area contributed by atoms with Crippen molar-refractivity contribution in [2.24, 2.45) is 0 Å². The van der Waals surface area contributed by atoms with E-state index in [0.717, 1.165) is 10.5 Å². The summed E-state index contributed by atoms with van der Waals surface area (Å²) in [6, 6.07) is 0. The molecule has 0 nitrogen and oxygen atoms in total. The number of thiol groups is 6. The van der Waals surface area contributed by atoms with Gasteiger partial charge >= 0.3 is 0 Å². The van der Waals surface area contributed by atoms with Crippen molar-refractivity contribution in [3.05, 3.63) is 10.5 Å². The van der Waals surface area contributed by atoms with Gasteiger partial charge in [-0.1, -0.05) is 0 Å².